The second kappa shape index (κ2) is 8.70. The van der Waals surface area contributed by atoms with E-state index in [1.807, 2.05) is 43.3 Å². The summed E-state index contributed by atoms with van der Waals surface area (Å²) in [4.78, 5) is 16.9. The summed E-state index contributed by atoms with van der Waals surface area (Å²) in [5.74, 6) is 0.518. The monoisotopic (exact) mass is 375 g/mol. The molecule has 4 nitrogen and oxygen atoms in total. The van der Waals surface area contributed by atoms with Crippen LogP contribution in [0.4, 0.5) is 0 Å². The van der Waals surface area contributed by atoms with Crippen molar-refractivity contribution in [1.29, 1.82) is 0 Å². The fourth-order valence-electron chi connectivity index (χ4n) is 3.07. The Labute approximate surface area is 166 Å². The number of carbonyl (C=O) groups is 1. The first kappa shape index (κ1) is 19.6. The quantitative estimate of drug-likeness (QED) is 0.530. The summed E-state index contributed by atoms with van der Waals surface area (Å²) in [5.41, 5.74) is 5.30. The van der Waals surface area contributed by atoms with Gasteiger partial charge in [0.15, 0.2) is 0 Å². The van der Waals surface area contributed by atoms with Crippen molar-refractivity contribution in [3.8, 4) is 16.9 Å². The van der Waals surface area contributed by atoms with E-state index in [-0.39, 0.29) is 6.61 Å². The standard InChI is InChI=1S/C24H25NO3/c1-16(2)18-10-12-19(13-11-18)20-8-5-9-22(23(20)24(26)27-4)28-15-21-17(3)7-6-14-25-21/h5-14,16H,15H2,1-4H3. The largest absolute Gasteiger partial charge is 0.486 e. The van der Waals surface area contributed by atoms with Gasteiger partial charge in [-0.1, -0.05) is 56.3 Å². The maximum absolute atomic E-state index is 12.6. The van der Waals surface area contributed by atoms with Crippen molar-refractivity contribution in [2.75, 3.05) is 7.11 Å². The number of ether oxygens (including phenoxy) is 2. The van der Waals surface area contributed by atoms with E-state index in [0.29, 0.717) is 17.2 Å². The number of hydrogen-bond donors (Lipinski definition) is 0. The molecule has 0 saturated heterocycles. The molecule has 4 heteroatoms. The molecule has 0 aliphatic carbocycles. The van der Waals surface area contributed by atoms with E-state index in [1.54, 1.807) is 12.3 Å². The normalized spacial score (nSPS) is 10.8. The van der Waals surface area contributed by atoms with Gasteiger partial charge in [0.05, 0.1) is 12.8 Å². The summed E-state index contributed by atoms with van der Waals surface area (Å²) >= 11 is 0. The van der Waals surface area contributed by atoms with Crippen LogP contribution < -0.4 is 4.74 Å². The first-order chi connectivity index (χ1) is 13.5. The van der Waals surface area contributed by atoms with Crippen molar-refractivity contribution in [2.24, 2.45) is 0 Å². The molecule has 0 N–H and O–H groups in total. The van der Waals surface area contributed by atoms with Crippen LogP contribution in [-0.2, 0) is 11.3 Å². The molecule has 28 heavy (non-hydrogen) atoms. The predicted octanol–water partition coefficient (Wildman–Crippen LogP) is 5.55. The van der Waals surface area contributed by atoms with E-state index < -0.39 is 5.97 Å². The molecule has 3 aromatic rings. The highest BCUT2D eigenvalue weighted by Crippen LogP contribution is 2.33. The van der Waals surface area contributed by atoms with Crippen LogP contribution >= 0.6 is 0 Å². The predicted molar refractivity (Wildman–Crippen MR) is 111 cm³/mol. The molecule has 0 atom stereocenters. The first-order valence-electron chi connectivity index (χ1n) is 9.36. The molecule has 0 bridgehead atoms. The highest BCUT2D eigenvalue weighted by molar-refractivity contribution is 6.00. The zero-order valence-electron chi connectivity index (χ0n) is 16.7. The Bertz CT molecular complexity index is 962. The maximum atomic E-state index is 12.6. The molecule has 3 rings (SSSR count). The molecule has 0 aliphatic heterocycles. The highest BCUT2D eigenvalue weighted by atomic mass is 16.5. The van der Waals surface area contributed by atoms with Gasteiger partial charge >= 0.3 is 5.97 Å². The fraction of sp³-hybridized carbons (Fsp3) is 0.250. The number of aryl methyl sites for hydroxylation is 1. The van der Waals surface area contributed by atoms with E-state index in [4.69, 9.17) is 9.47 Å². The number of hydrogen-bond acceptors (Lipinski definition) is 4. The summed E-state index contributed by atoms with van der Waals surface area (Å²) in [5, 5.41) is 0. The second-order valence-corrected chi connectivity index (χ2v) is 7.00. The van der Waals surface area contributed by atoms with E-state index >= 15 is 0 Å². The smallest absolute Gasteiger partial charge is 0.342 e. The lowest BCUT2D eigenvalue weighted by Crippen LogP contribution is -2.09. The third kappa shape index (κ3) is 4.22. The Kier molecular flexibility index (Phi) is 6.09. The molecule has 1 aromatic heterocycles. The summed E-state index contributed by atoms with van der Waals surface area (Å²) in [6, 6.07) is 17.7. The molecule has 0 spiro atoms. The van der Waals surface area contributed by atoms with E-state index in [9.17, 15) is 4.79 Å². The SMILES string of the molecule is COC(=O)c1c(OCc2ncccc2C)cccc1-c1ccc(C(C)C)cc1. The third-order valence-corrected chi connectivity index (χ3v) is 4.79. The summed E-state index contributed by atoms with van der Waals surface area (Å²) in [7, 11) is 1.38. The number of nitrogens with zero attached hydrogens (tertiary/aromatic N) is 1. The third-order valence-electron chi connectivity index (χ3n) is 4.79. The number of benzene rings is 2. The number of esters is 1. The van der Waals surface area contributed by atoms with Gasteiger partial charge in [0.1, 0.15) is 17.9 Å². The zero-order valence-corrected chi connectivity index (χ0v) is 16.7. The van der Waals surface area contributed by atoms with Gasteiger partial charge in [-0.25, -0.2) is 4.79 Å². The van der Waals surface area contributed by atoms with E-state index in [1.165, 1.54) is 12.7 Å². The highest BCUT2D eigenvalue weighted by Gasteiger charge is 2.20. The Morgan fingerprint density at radius 3 is 2.43 bits per heavy atom. The molecule has 0 unspecified atom stereocenters. The molecule has 0 aliphatic rings. The number of pyridine rings is 1. The Morgan fingerprint density at radius 2 is 1.79 bits per heavy atom. The second-order valence-electron chi connectivity index (χ2n) is 7.00. The first-order valence-corrected chi connectivity index (χ1v) is 9.36. The van der Waals surface area contributed by atoms with Crippen LogP contribution in [0.15, 0.2) is 60.8 Å². The van der Waals surface area contributed by atoms with Crippen LogP contribution in [0.25, 0.3) is 11.1 Å². The molecule has 0 saturated carbocycles. The van der Waals surface area contributed by atoms with Gasteiger partial charge in [0.25, 0.3) is 0 Å². The van der Waals surface area contributed by atoms with Gasteiger partial charge in [0, 0.05) is 6.20 Å². The van der Waals surface area contributed by atoms with E-state index in [2.05, 4.69) is 31.0 Å². The minimum Gasteiger partial charge on any atom is -0.486 e. The Hall–Kier alpha value is -3.14. The van der Waals surface area contributed by atoms with Crippen molar-refractivity contribution < 1.29 is 14.3 Å². The maximum Gasteiger partial charge on any atom is 0.342 e. The van der Waals surface area contributed by atoms with Gasteiger partial charge in [-0.15, -0.1) is 0 Å². The molecule has 0 radical (unpaired) electrons. The molecule has 2 aromatic carbocycles. The van der Waals surface area contributed by atoms with Crippen molar-refractivity contribution in [1.82, 2.24) is 4.98 Å². The van der Waals surface area contributed by atoms with Gasteiger partial charge in [0.2, 0.25) is 0 Å². The lowest BCUT2D eigenvalue weighted by atomic mass is 9.95. The number of aromatic nitrogens is 1. The molecular weight excluding hydrogens is 350 g/mol. The van der Waals surface area contributed by atoms with Crippen LogP contribution in [0, 0.1) is 6.92 Å². The van der Waals surface area contributed by atoms with Crippen molar-refractivity contribution in [2.45, 2.75) is 33.3 Å². The molecule has 1 heterocycles. The average Bonchev–Trinajstić information content (AvgIpc) is 2.72. The fourth-order valence-corrected chi connectivity index (χ4v) is 3.07. The molecule has 0 amide bonds. The summed E-state index contributed by atoms with van der Waals surface area (Å²) in [6.45, 7) is 6.58. The van der Waals surface area contributed by atoms with Crippen LogP contribution in [0.2, 0.25) is 0 Å². The van der Waals surface area contributed by atoms with Gasteiger partial charge in [-0.3, -0.25) is 4.98 Å². The summed E-state index contributed by atoms with van der Waals surface area (Å²) < 4.78 is 11.0. The van der Waals surface area contributed by atoms with Crippen LogP contribution in [0.1, 0.15) is 46.9 Å². The lowest BCUT2D eigenvalue weighted by Gasteiger charge is -2.15. The minimum atomic E-state index is -0.420. The summed E-state index contributed by atoms with van der Waals surface area (Å²) in [6.07, 6.45) is 1.74. The van der Waals surface area contributed by atoms with E-state index in [0.717, 1.165) is 22.4 Å². The van der Waals surface area contributed by atoms with Crippen LogP contribution in [0.3, 0.4) is 0 Å². The van der Waals surface area contributed by atoms with Crippen LogP contribution in [-0.4, -0.2) is 18.1 Å². The van der Waals surface area contributed by atoms with Crippen molar-refractivity contribution in [3.05, 3.63) is 83.2 Å². The molecular formula is C24H25NO3. The topological polar surface area (TPSA) is 48.4 Å². The number of methoxy groups -OCH3 is 1. The minimum absolute atomic E-state index is 0.284. The van der Waals surface area contributed by atoms with Gasteiger partial charge < -0.3 is 9.47 Å². The van der Waals surface area contributed by atoms with Crippen molar-refractivity contribution in [3.63, 3.8) is 0 Å². The van der Waals surface area contributed by atoms with Crippen molar-refractivity contribution >= 4 is 5.97 Å². The number of rotatable bonds is 6. The molecule has 0 fully saturated rings. The van der Waals surface area contributed by atoms with Crippen LogP contribution in [0.5, 0.6) is 5.75 Å². The zero-order chi connectivity index (χ0) is 20.1. The number of carbonyl (C=O) groups excluding carboxylic acids is 1. The van der Waals surface area contributed by atoms with Gasteiger partial charge in [-0.05, 0) is 47.2 Å². The average molecular weight is 375 g/mol. The van der Waals surface area contributed by atoms with Gasteiger partial charge in [-0.2, -0.15) is 0 Å². The molecule has 144 valence electrons. The Balaban J connectivity index is 1.98. The Morgan fingerprint density at radius 1 is 1.04 bits per heavy atom. The lowest BCUT2D eigenvalue weighted by molar-refractivity contribution is 0.0596.